The maximum absolute atomic E-state index is 15.3. The van der Waals surface area contributed by atoms with Gasteiger partial charge in [0.1, 0.15) is 5.82 Å². The van der Waals surface area contributed by atoms with Crippen LogP contribution in [0, 0.1) is 18.6 Å². The van der Waals surface area contributed by atoms with Gasteiger partial charge in [-0.2, -0.15) is 0 Å². The van der Waals surface area contributed by atoms with Crippen molar-refractivity contribution in [3.63, 3.8) is 0 Å². The van der Waals surface area contributed by atoms with Crippen LogP contribution in [0.4, 0.5) is 25.8 Å². The van der Waals surface area contributed by atoms with E-state index < -0.39 is 17.5 Å². The summed E-state index contributed by atoms with van der Waals surface area (Å²) in [6, 6.07) is 2.82. The number of aryl methyl sites for hydroxylation is 1. The number of carbonyl (C=O) groups excluding carboxylic acids is 1. The smallest absolute Gasteiger partial charge is 0.260 e. The van der Waals surface area contributed by atoms with Crippen molar-refractivity contribution in [3.05, 3.63) is 53.0 Å². The Morgan fingerprint density at radius 3 is 2.76 bits per heavy atom. The molecule has 8 nitrogen and oxygen atoms in total. The third-order valence-corrected chi connectivity index (χ3v) is 6.09. The molecule has 0 aliphatic carbocycles. The van der Waals surface area contributed by atoms with Crippen LogP contribution in [0.25, 0.3) is 5.65 Å². The molecule has 3 aromatic rings. The van der Waals surface area contributed by atoms with E-state index in [1.165, 1.54) is 16.7 Å². The number of likely N-dealkylation sites (N-methyl/N-ethyl adjacent to an activating group) is 1. The average molecular weight is 470 g/mol. The van der Waals surface area contributed by atoms with Crippen molar-refractivity contribution in [2.45, 2.75) is 26.3 Å². The summed E-state index contributed by atoms with van der Waals surface area (Å²) in [7, 11) is 4.03. The molecule has 10 heteroatoms. The highest BCUT2D eigenvalue weighted by Crippen LogP contribution is 2.33. The molecular formula is C24H29F2N7O. The van der Waals surface area contributed by atoms with Crippen molar-refractivity contribution in [3.8, 4) is 0 Å². The minimum absolute atomic E-state index is 0.00183. The number of hydrogen-bond donors (Lipinski definition) is 2. The molecule has 0 spiro atoms. The SMILES string of the molecule is CCN=Cc1c(N2CC[C@@H](N(C)C)C2)cc(F)c(C(=O)Nc2cc(F)c3nc(C)cn3c2)c1N. The maximum atomic E-state index is 15.3. The molecule has 0 radical (unpaired) electrons. The largest absolute Gasteiger partial charge is 0.397 e. The second kappa shape index (κ2) is 9.38. The minimum Gasteiger partial charge on any atom is -0.397 e. The molecule has 2 aromatic heterocycles. The third kappa shape index (κ3) is 4.45. The van der Waals surface area contributed by atoms with E-state index in [2.05, 4.69) is 25.1 Å². The minimum atomic E-state index is -0.768. The number of benzene rings is 1. The number of nitrogens with zero attached hydrogens (tertiary/aromatic N) is 5. The van der Waals surface area contributed by atoms with Crippen LogP contribution in [0.2, 0.25) is 0 Å². The summed E-state index contributed by atoms with van der Waals surface area (Å²) >= 11 is 0. The molecule has 0 saturated carbocycles. The second-order valence-electron chi connectivity index (χ2n) is 8.70. The molecule has 1 atom stereocenters. The van der Waals surface area contributed by atoms with E-state index in [4.69, 9.17) is 5.73 Å². The monoisotopic (exact) mass is 469 g/mol. The fourth-order valence-electron chi connectivity index (χ4n) is 4.31. The van der Waals surface area contributed by atoms with Crippen LogP contribution in [-0.2, 0) is 0 Å². The standard InChI is InChI=1S/C24H29F2N7O/c1-5-28-10-17-20(32-7-6-16(13-32)31(3)4)9-18(25)21(22(17)27)24(34)30-15-8-19(26)23-29-14(2)11-33(23)12-15/h8-12,16H,5-7,13,27H2,1-4H3,(H,30,34)/t16-/m1/s1. The first kappa shape index (κ1) is 23.6. The Balaban J connectivity index is 1.70. The summed E-state index contributed by atoms with van der Waals surface area (Å²) in [4.78, 5) is 25.7. The number of aliphatic imine (C=N–C) groups is 1. The van der Waals surface area contributed by atoms with Gasteiger partial charge in [0.25, 0.3) is 5.91 Å². The van der Waals surface area contributed by atoms with E-state index in [9.17, 15) is 9.18 Å². The number of amides is 1. The first-order valence-corrected chi connectivity index (χ1v) is 11.2. The number of nitrogen functional groups attached to an aromatic ring is 1. The number of nitrogens with two attached hydrogens (primary N) is 1. The summed E-state index contributed by atoms with van der Waals surface area (Å²) < 4.78 is 31.2. The van der Waals surface area contributed by atoms with Gasteiger partial charge in [-0.3, -0.25) is 9.79 Å². The van der Waals surface area contributed by atoms with Gasteiger partial charge < -0.3 is 25.3 Å². The molecule has 1 aliphatic heterocycles. The van der Waals surface area contributed by atoms with E-state index in [1.54, 1.807) is 19.3 Å². The Kier molecular flexibility index (Phi) is 6.52. The number of pyridine rings is 1. The highest BCUT2D eigenvalue weighted by Gasteiger charge is 2.29. The molecule has 1 saturated heterocycles. The van der Waals surface area contributed by atoms with E-state index >= 15 is 4.39 Å². The normalized spacial score (nSPS) is 16.3. The number of hydrogen-bond acceptors (Lipinski definition) is 6. The van der Waals surface area contributed by atoms with Gasteiger partial charge in [-0.25, -0.2) is 13.8 Å². The second-order valence-corrected chi connectivity index (χ2v) is 8.70. The fraction of sp³-hybridized carbons (Fsp3) is 0.375. The predicted molar refractivity (Wildman–Crippen MR) is 131 cm³/mol. The molecule has 3 N–H and O–H groups in total. The average Bonchev–Trinajstić information content (AvgIpc) is 3.39. The van der Waals surface area contributed by atoms with Gasteiger partial charge in [-0.15, -0.1) is 0 Å². The van der Waals surface area contributed by atoms with E-state index in [-0.39, 0.29) is 22.6 Å². The van der Waals surface area contributed by atoms with Gasteiger partial charge >= 0.3 is 0 Å². The zero-order chi connectivity index (χ0) is 24.6. The Hall–Kier alpha value is -3.53. The van der Waals surface area contributed by atoms with Crippen LogP contribution >= 0.6 is 0 Å². The van der Waals surface area contributed by atoms with Crippen molar-refractivity contribution >= 4 is 34.8 Å². The number of anilines is 3. The summed E-state index contributed by atoms with van der Waals surface area (Å²) in [6.45, 7) is 5.59. The molecule has 3 heterocycles. The lowest BCUT2D eigenvalue weighted by Gasteiger charge is -2.25. The van der Waals surface area contributed by atoms with Crippen LogP contribution in [0.15, 0.2) is 29.5 Å². The van der Waals surface area contributed by atoms with Crippen LogP contribution in [-0.4, -0.2) is 66.2 Å². The van der Waals surface area contributed by atoms with Gasteiger partial charge in [0.05, 0.1) is 28.3 Å². The molecule has 1 aliphatic rings. The van der Waals surface area contributed by atoms with E-state index in [1.807, 2.05) is 21.0 Å². The molecule has 4 rings (SSSR count). The van der Waals surface area contributed by atoms with Crippen molar-refractivity contribution < 1.29 is 13.6 Å². The van der Waals surface area contributed by atoms with Crippen molar-refractivity contribution in [1.29, 1.82) is 0 Å². The quantitative estimate of drug-likeness (QED) is 0.427. The highest BCUT2D eigenvalue weighted by molar-refractivity contribution is 6.11. The van der Waals surface area contributed by atoms with Crippen molar-refractivity contribution in [2.24, 2.45) is 4.99 Å². The summed E-state index contributed by atoms with van der Waals surface area (Å²) in [5, 5.41) is 2.56. The predicted octanol–water partition coefficient (Wildman–Crippen LogP) is 3.33. The molecule has 1 aromatic carbocycles. The molecular weight excluding hydrogens is 440 g/mol. The lowest BCUT2D eigenvalue weighted by atomic mass is 10.0. The number of aromatic nitrogens is 2. The van der Waals surface area contributed by atoms with Crippen molar-refractivity contribution in [1.82, 2.24) is 14.3 Å². The van der Waals surface area contributed by atoms with Crippen LogP contribution in [0.3, 0.4) is 0 Å². The Labute approximate surface area is 197 Å². The molecule has 1 fully saturated rings. The molecule has 0 unspecified atom stereocenters. The van der Waals surface area contributed by atoms with E-state index in [0.717, 1.165) is 19.0 Å². The molecule has 180 valence electrons. The van der Waals surface area contributed by atoms with Gasteiger partial charge in [0, 0.05) is 55.9 Å². The van der Waals surface area contributed by atoms with Gasteiger partial charge in [-0.05, 0) is 40.4 Å². The Morgan fingerprint density at radius 2 is 2.09 bits per heavy atom. The van der Waals surface area contributed by atoms with Gasteiger partial charge in [0.15, 0.2) is 11.5 Å². The van der Waals surface area contributed by atoms with Gasteiger partial charge in [-0.1, -0.05) is 0 Å². The Bertz CT molecular complexity index is 1270. The first-order valence-electron chi connectivity index (χ1n) is 11.2. The zero-order valence-electron chi connectivity index (χ0n) is 19.8. The third-order valence-electron chi connectivity index (χ3n) is 6.09. The van der Waals surface area contributed by atoms with Crippen molar-refractivity contribution in [2.75, 3.05) is 49.7 Å². The first-order chi connectivity index (χ1) is 16.2. The number of halogens is 2. The van der Waals surface area contributed by atoms with Crippen LogP contribution in [0.1, 0.15) is 35.0 Å². The number of nitrogens with one attached hydrogen (secondary N) is 1. The van der Waals surface area contributed by atoms with Crippen LogP contribution < -0.4 is 16.0 Å². The molecule has 0 bridgehead atoms. The number of carbonyl (C=O) groups is 1. The summed E-state index contributed by atoms with van der Waals surface area (Å²) in [5.74, 6) is -2.11. The molecule has 1 amide bonds. The van der Waals surface area contributed by atoms with Gasteiger partial charge in [0.2, 0.25) is 0 Å². The lowest BCUT2D eigenvalue weighted by Crippen LogP contribution is -2.32. The van der Waals surface area contributed by atoms with E-state index in [0.29, 0.717) is 36.1 Å². The summed E-state index contributed by atoms with van der Waals surface area (Å²) in [5.41, 5.74) is 8.09. The zero-order valence-corrected chi connectivity index (χ0v) is 19.8. The van der Waals surface area contributed by atoms with Crippen LogP contribution in [0.5, 0.6) is 0 Å². The lowest BCUT2D eigenvalue weighted by molar-refractivity contribution is 0.102. The highest BCUT2D eigenvalue weighted by atomic mass is 19.1. The number of imidazole rings is 1. The summed E-state index contributed by atoms with van der Waals surface area (Å²) in [6.07, 6.45) is 5.67. The number of rotatable bonds is 6. The maximum Gasteiger partial charge on any atom is 0.260 e. The molecule has 34 heavy (non-hydrogen) atoms. The fourth-order valence-corrected chi connectivity index (χ4v) is 4.31. The Morgan fingerprint density at radius 1 is 1.32 bits per heavy atom. The topological polar surface area (TPSA) is 91.3 Å². The number of fused-ring (bicyclic) bond motifs is 1.